The zero-order valence-electron chi connectivity index (χ0n) is 28.8. The Labute approximate surface area is 289 Å². The third-order valence-electron chi connectivity index (χ3n) is 12.5. The van der Waals surface area contributed by atoms with Crippen molar-refractivity contribution in [3.63, 3.8) is 0 Å². The molecule has 0 spiro atoms. The second-order valence-electron chi connectivity index (χ2n) is 15.2. The van der Waals surface area contributed by atoms with Crippen molar-refractivity contribution in [3.8, 4) is 0 Å². The number of nitrogens with one attached hydrogen (secondary N) is 4. The lowest BCUT2D eigenvalue weighted by atomic mass is 9.45. The minimum atomic E-state index is -1.74. The number of benzene rings is 1. The first-order valence-corrected chi connectivity index (χ1v) is 17.9. The Kier molecular flexibility index (Phi) is 9.93. The van der Waals surface area contributed by atoms with Crippen LogP contribution < -0.4 is 21.8 Å². The molecule has 0 saturated heterocycles. The van der Waals surface area contributed by atoms with Gasteiger partial charge in [0.1, 0.15) is 5.60 Å². The molecule has 3 fully saturated rings. The van der Waals surface area contributed by atoms with Crippen LogP contribution in [0.5, 0.6) is 0 Å². The minimum Gasteiger partial charge on any atom is -0.458 e. The first-order valence-electron chi connectivity index (χ1n) is 17.9. The maximum Gasteiger partial charge on any atom is 0.306 e. The molecule has 6 N–H and O–H groups in total. The Morgan fingerprint density at radius 2 is 1.70 bits per heavy atom. The van der Waals surface area contributed by atoms with Crippen LogP contribution in [-0.4, -0.2) is 75.3 Å². The number of rotatable bonds is 12. The summed E-state index contributed by atoms with van der Waals surface area (Å²) in [6.07, 6.45) is 6.00. The zero-order valence-corrected chi connectivity index (χ0v) is 28.8. The first kappa shape index (κ1) is 35.7. The van der Waals surface area contributed by atoms with Crippen LogP contribution >= 0.6 is 0 Å². The number of aromatic nitrogens is 2. The molecule has 0 radical (unpaired) electrons. The highest BCUT2D eigenvalue weighted by atomic mass is 16.5. The van der Waals surface area contributed by atoms with Crippen molar-refractivity contribution >= 4 is 39.9 Å². The summed E-state index contributed by atoms with van der Waals surface area (Å²) in [5.74, 6) is -1.36. The monoisotopic (exact) mass is 692 g/mol. The topological polar surface area (TPSA) is 208 Å². The fraction of sp³-hybridized carbons (Fsp3) is 0.622. The van der Waals surface area contributed by atoms with Crippen LogP contribution in [-0.2, 0) is 23.9 Å². The van der Waals surface area contributed by atoms with E-state index in [-0.39, 0.29) is 71.7 Å². The summed E-state index contributed by atoms with van der Waals surface area (Å²) in [5, 5.41) is 34.6. The number of aromatic amines is 2. The number of anilines is 1. The van der Waals surface area contributed by atoms with Crippen molar-refractivity contribution in [1.82, 2.24) is 15.5 Å². The van der Waals surface area contributed by atoms with E-state index in [1.54, 1.807) is 24.3 Å². The summed E-state index contributed by atoms with van der Waals surface area (Å²) >= 11 is 0. The van der Waals surface area contributed by atoms with Crippen LogP contribution in [0.3, 0.4) is 0 Å². The van der Waals surface area contributed by atoms with E-state index in [1.807, 2.05) is 6.92 Å². The number of ketones is 2. The van der Waals surface area contributed by atoms with Crippen molar-refractivity contribution in [1.29, 1.82) is 0 Å². The van der Waals surface area contributed by atoms with E-state index in [1.165, 1.54) is 0 Å². The molecule has 0 bridgehead atoms. The summed E-state index contributed by atoms with van der Waals surface area (Å²) in [4.78, 5) is 74.3. The van der Waals surface area contributed by atoms with Gasteiger partial charge >= 0.3 is 5.97 Å². The van der Waals surface area contributed by atoms with E-state index in [0.717, 1.165) is 18.4 Å². The lowest BCUT2D eigenvalue weighted by molar-refractivity contribution is -0.184. The number of esters is 1. The molecule has 4 aliphatic rings. The Hall–Kier alpha value is -4.10. The van der Waals surface area contributed by atoms with Gasteiger partial charge < -0.3 is 25.6 Å². The van der Waals surface area contributed by atoms with Gasteiger partial charge in [0.15, 0.2) is 12.4 Å². The summed E-state index contributed by atoms with van der Waals surface area (Å²) in [6, 6.07) is 4.92. The van der Waals surface area contributed by atoms with Crippen LogP contribution in [0.1, 0.15) is 84.5 Å². The van der Waals surface area contributed by atoms with Gasteiger partial charge in [-0.2, -0.15) is 0 Å². The number of ether oxygens (including phenoxy) is 1. The standard InChI is InChI=1S/C37H48N4O9/c1-35-13-11-23(42)17-21(35)5-7-25-27-12-14-37(49,36(27,2)19-28(43)32(25)35)29(44)20-50-31(46)10-9-30(45)39-16-4-3-15-38-22-6-8-24-26(18-22)34(48)41-40-33(24)47/h6,8,17-18,25,27-28,32,38,43,49H,3-5,7,9-16,19-20H2,1-2H3,(H,39,45)(H,40,47)(H,41,48). The molecule has 0 aliphatic heterocycles. The number of carbonyl (C=O) groups is 4. The first-order chi connectivity index (χ1) is 23.8. The average molecular weight is 693 g/mol. The Morgan fingerprint density at radius 1 is 0.960 bits per heavy atom. The number of aliphatic hydroxyl groups is 2. The molecule has 7 atom stereocenters. The number of hydrogen-bond donors (Lipinski definition) is 6. The molecule has 270 valence electrons. The van der Waals surface area contributed by atoms with Crippen molar-refractivity contribution in [2.75, 3.05) is 25.0 Å². The molecule has 1 amide bonds. The molecule has 4 aliphatic carbocycles. The van der Waals surface area contributed by atoms with Crippen molar-refractivity contribution in [2.24, 2.45) is 28.6 Å². The predicted octanol–water partition coefficient (Wildman–Crippen LogP) is 2.65. The second kappa shape index (κ2) is 13.9. The molecular formula is C37H48N4O9. The van der Waals surface area contributed by atoms with Crippen LogP contribution in [0.15, 0.2) is 39.4 Å². The molecule has 7 unspecified atom stereocenters. The van der Waals surface area contributed by atoms with Gasteiger partial charge in [-0.1, -0.05) is 19.4 Å². The summed E-state index contributed by atoms with van der Waals surface area (Å²) in [5.41, 5.74) is -1.82. The molecule has 1 heterocycles. The number of allylic oxidation sites excluding steroid dienone is 1. The van der Waals surface area contributed by atoms with Crippen molar-refractivity contribution in [3.05, 3.63) is 50.6 Å². The van der Waals surface area contributed by atoms with Crippen LogP contribution in [0, 0.1) is 28.6 Å². The van der Waals surface area contributed by atoms with Gasteiger partial charge in [0, 0.05) is 37.0 Å². The summed E-state index contributed by atoms with van der Waals surface area (Å²) < 4.78 is 5.25. The lowest BCUT2D eigenvalue weighted by Gasteiger charge is -2.60. The molecule has 50 heavy (non-hydrogen) atoms. The van der Waals surface area contributed by atoms with E-state index >= 15 is 0 Å². The Balaban J connectivity index is 0.917. The molecule has 6 rings (SSSR count). The Morgan fingerprint density at radius 3 is 2.48 bits per heavy atom. The maximum absolute atomic E-state index is 13.5. The lowest BCUT2D eigenvalue weighted by Crippen LogP contribution is -2.62. The highest BCUT2D eigenvalue weighted by molar-refractivity contribution is 5.92. The fourth-order valence-corrected chi connectivity index (χ4v) is 9.79. The van der Waals surface area contributed by atoms with Gasteiger partial charge in [-0.15, -0.1) is 0 Å². The number of Topliss-reactive ketones (excluding diaryl/α,β-unsaturated/α-hetero) is 1. The Bertz CT molecular complexity index is 1830. The molecule has 13 heteroatoms. The number of H-pyrrole nitrogens is 2. The number of carbonyl (C=O) groups excluding carboxylic acids is 4. The number of amides is 1. The third-order valence-corrected chi connectivity index (χ3v) is 12.5. The molecule has 13 nitrogen and oxygen atoms in total. The smallest absolute Gasteiger partial charge is 0.306 e. The van der Waals surface area contributed by atoms with Gasteiger partial charge in [0.2, 0.25) is 11.7 Å². The number of aliphatic hydroxyl groups excluding tert-OH is 1. The predicted molar refractivity (Wildman–Crippen MR) is 184 cm³/mol. The van der Waals surface area contributed by atoms with Gasteiger partial charge in [-0.05, 0) is 98.8 Å². The third kappa shape index (κ3) is 6.45. The molecule has 1 aromatic heterocycles. The van der Waals surface area contributed by atoms with Crippen molar-refractivity contribution < 1.29 is 34.1 Å². The molecule has 3 saturated carbocycles. The average Bonchev–Trinajstić information content (AvgIpc) is 3.36. The number of fused-ring (bicyclic) bond motifs is 6. The summed E-state index contributed by atoms with van der Waals surface area (Å²) in [7, 11) is 0. The SMILES string of the molecule is CC12CCC(=O)C=C1CCC1C2C(O)CC2(C)C1CCC2(O)C(=O)COC(=O)CCC(=O)NCCCCNc1ccc2c(=O)[nH][nH]c(=O)c2c1. The maximum atomic E-state index is 13.5. The van der Waals surface area contributed by atoms with E-state index in [0.29, 0.717) is 61.7 Å². The largest absolute Gasteiger partial charge is 0.458 e. The van der Waals surface area contributed by atoms with Crippen LogP contribution in [0.4, 0.5) is 5.69 Å². The van der Waals surface area contributed by atoms with Gasteiger partial charge in [-0.3, -0.25) is 39.0 Å². The highest BCUT2D eigenvalue weighted by Crippen LogP contribution is 2.67. The zero-order chi connectivity index (χ0) is 35.8. The highest BCUT2D eigenvalue weighted by Gasteiger charge is 2.68. The quantitative estimate of drug-likeness (QED) is 0.142. The van der Waals surface area contributed by atoms with Gasteiger partial charge in [-0.25, -0.2) is 0 Å². The second-order valence-corrected chi connectivity index (χ2v) is 15.2. The normalized spacial score (nSPS) is 31.6. The van der Waals surface area contributed by atoms with E-state index < -0.39 is 35.5 Å². The van der Waals surface area contributed by atoms with Crippen LogP contribution in [0.25, 0.3) is 10.8 Å². The fourth-order valence-electron chi connectivity index (χ4n) is 9.79. The molecule has 1 aromatic carbocycles. The number of unbranched alkanes of at least 4 members (excludes halogenated alkanes) is 1. The van der Waals surface area contributed by atoms with Crippen LogP contribution in [0.2, 0.25) is 0 Å². The minimum absolute atomic E-state index is 0.0209. The van der Waals surface area contributed by atoms with Gasteiger partial charge in [0.25, 0.3) is 11.1 Å². The number of hydrogen-bond acceptors (Lipinski definition) is 10. The summed E-state index contributed by atoms with van der Waals surface area (Å²) in [6.45, 7) is 4.43. The molecular weight excluding hydrogens is 644 g/mol. The molecule has 2 aromatic rings. The van der Waals surface area contributed by atoms with E-state index in [9.17, 15) is 39.0 Å². The van der Waals surface area contributed by atoms with Crippen molar-refractivity contribution in [2.45, 2.75) is 96.2 Å². The van der Waals surface area contributed by atoms with E-state index in [2.05, 4.69) is 27.8 Å². The van der Waals surface area contributed by atoms with E-state index in [4.69, 9.17) is 4.74 Å². The van der Waals surface area contributed by atoms with Gasteiger partial charge in [0.05, 0.1) is 23.3 Å².